The van der Waals surface area contributed by atoms with Gasteiger partial charge in [-0.2, -0.15) is 8.42 Å². The molecule has 0 saturated carbocycles. The van der Waals surface area contributed by atoms with Crippen LogP contribution in [0.3, 0.4) is 0 Å². The molecule has 0 aromatic heterocycles. The van der Waals surface area contributed by atoms with Gasteiger partial charge in [0.2, 0.25) is 4.75 Å². The minimum absolute atomic E-state index is 0. The van der Waals surface area contributed by atoms with Crippen molar-refractivity contribution in [3.8, 4) is 0 Å². The Balaban J connectivity index is -0.00000420. The fraction of sp³-hybridized carbons (Fsp3) is 0.909. The number of unbranched alkanes of at least 4 members (excludes halogenated alkanes) is 15. The second kappa shape index (κ2) is 22.3. The molecular weight excluding hydrogens is 454 g/mol. The van der Waals surface area contributed by atoms with Crippen LogP contribution in [0.2, 0.25) is 0 Å². The molecule has 1 unspecified atom stereocenters. The van der Waals surface area contributed by atoms with Gasteiger partial charge in [-0.05, 0) is 6.42 Å². The molecule has 0 amide bonds. The Morgan fingerprint density at radius 1 is 0.656 bits per heavy atom. The number of hydrogen-bond acceptors (Lipinski definition) is 4. The van der Waals surface area contributed by atoms with Crippen LogP contribution in [-0.2, 0) is 19.7 Å². The van der Waals surface area contributed by atoms with E-state index in [2.05, 4.69) is 6.92 Å². The average Bonchev–Trinajstić information content (AvgIpc) is 2.65. The molecule has 1 atom stereocenters. The smallest absolute Gasteiger partial charge is 0.328 e. The Labute approximate surface area is 239 Å². The topological polar surface area (TPSA) is 129 Å². The van der Waals surface area contributed by atoms with E-state index in [4.69, 9.17) is 5.11 Å². The summed E-state index contributed by atoms with van der Waals surface area (Å²) in [5.41, 5.74) is 0. The number of hydrogen-bond donors (Lipinski definition) is 3. The molecule has 0 aliphatic carbocycles. The van der Waals surface area contributed by atoms with Gasteiger partial charge in [-0.25, -0.2) is 0 Å². The first kappa shape index (κ1) is 37.4. The molecule has 0 saturated heterocycles. The molecule has 3 N–H and O–H groups in total. The van der Waals surface area contributed by atoms with E-state index >= 15 is 0 Å². The molecule has 180 valence electrons. The molecule has 0 aromatic rings. The zero-order valence-electron chi connectivity index (χ0n) is 20.6. The molecule has 0 bridgehead atoms. The summed E-state index contributed by atoms with van der Waals surface area (Å²) >= 11 is 0. The van der Waals surface area contributed by atoms with E-state index < -0.39 is 39.6 Å². The van der Waals surface area contributed by atoms with Gasteiger partial charge >= 0.3 is 11.9 Å². The van der Waals surface area contributed by atoms with Crippen LogP contribution in [0, 0.1) is 0 Å². The standard InChI is InChI=1S/C22H42O7S.2Na/c1-2-3-4-5-6-7-8-9-10-11-12-13-14-15-16-17-18-22(21(25)26,19-20(23)24)30(27,28)29;;/h2-19H2,1H3,(H,23,24)(H,25,26)(H,27,28,29);;. The number of carboxylic acids is 2. The van der Waals surface area contributed by atoms with Crippen molar-refractivity contribution in [2.75, 3.05) is 0 Å². The van der Waals surface area contributed by atoms with Gasteiger partial charge in [-0.1, -0.05) is 110 Å². The average molecular weight is 497 g/mol. The van der Waals surface area contributed by atoms with E-state index in [9.17, 15) is 27.7 Å². The predicted molar refractivity (Wildman–Crippen MR) is 130 cm³/mol. The summed E-state index contributed by atoms with van der Waals surface area (Å²) in [6.45, 7) is 2.23. The quantitative estimate of drug-likeness (QED) is 0.115. The van der Waals surface area contributed by atoms with Crippen molar-refractivity contribution in [3.05, 3.63) is 0 Å². The van der Waals surface area contributed by atoms with Crippen LogP contribution >= 0.6 is 0 Å². The van der Waals surface area contributed by atoms with Crippen molar-refractivity contribution in [2.45, 2.75) is 127 Å². The van der Waals surface area contributed by atoms with Crippen molar-refractivity contribution in [2.24, 2.45) is 0 Å². The molecule has 10 heteroatoms. The summed E-state index contributed by atoms with van der Waals surface area (Å²) in [5.74, 6) is -3.38. The van der Waals surface area contributed by atoms with Crippen molar-refractivity contribution in [3.63, 3.8) is 0 Å². The van der Waals surface area contributed by atoms with Gasteiger partial charge < -0.3 is 10.2 Å². The molecule has 0 rings (SSSR count). The third-order valence-corrected chi connectivity index (χ3v) is 7.27. The van der Waals surface area contributed by atoms with Gasteiger partial charge in [0, 0.05) is 59.1 Å². The van der Waals surface area contributed by atoms with E-state index in [-0.39, 0.29) is 65.5 Å². The minimum atomic E-state index is -5.02. The summed E-state index contributed by atoms with van der Waals surface area (Å²) in [6.07, 6.45) is 16.6. The van der Waals surface area contributed by atoms with Crippen LogP contribution in [-0.4, -0.2) is 99.0 Å². The normalized spacial score (nSPS) is 12.9. The maximum absolute atomic E-state index is 11.5. The van der Waals surface area contributed by atoms with E-state index in [1.54, 1.807) is 0 Å². The first-order chi connectivity index (χ1) is 14.2. The third kappa shape index (κ3) is 17.3. The van der Waals surface area contributed by atoms with Gasteiger partial charge in [-0.15, -0.1) is 0 Å². The molecule has 0 heterocycles. The van der Waals surface area contributed by atoms with E-state index in [0.717, 1.165) is 19.3 Å². The molecule has 0 spiro atoms. The Kier molecular flexibility index (Phi) is 26.1. The van der Waals surface area contributed by atoms with Crippen LogP contribution in [0.5, 0.6) is 0 Å². The van der Waals surface area contributed by atoms with E-state index in [0.29, 0.717) is 6.42 Å². The number of carbonyl (C=O) groups is 2. The van der Waals surface area contributed by atoms with Crippen molar-refractivity contribution in [1.29, 1.82) is 0 Å². The summed E-state index contributed by atoms with van der Waals surface area (Å²) < 4.78 is 29.7. The van der Waals surface area contributed by atoms with Crippen LogP contribution < -0.4 is 0 Å². The molecule has 32 heavy (non-hydrogen) atoms. The van der Waals surface area contributed by atoms with E-state index in [1.165, 1.54) is 70.6 Å². The maximum atomic E-state index is 11.5. The summed E-state index contributed by atoms with van der Waals surface area (Å²) in [7, 11) is -5.02. The fourth-order valence-corrected chi connectivity index (χ4v) is 4.73. The van der Waals surface area contributed by atoms with E-state index in [1.807, 2.05) is 0 Å². The minimum Gasteiger partial charge on any atom is -0.481 e. The molecule has 7 nitrogen and oxygen atoms in total. The zero-order chi connectivity index (χ0) is 22.9. The second-order valence-corrected chi connectivity index (χ2v) is 10.1. The number of carboxylic acid groups (broad SMARTS) is 2. The summed E-state index contributed by atoms with van der Waals surface area (Å²) in [6, 6.07) is 0. The maximum Gasteiger partial charge on any atom is 0.328 e. The largest absolute Gasteiger partial charge is 0.481 e. The van der Waals surface area contributed by atoms with Crippen molar-refractivity contribution >= 4 is 81.2 Å². The van der Waals surface area contributed by atoms with Gasteiger partial charge in [0.25, 0.3) is 10.1 Å². The molecule has 0 aromatic carbocycles. The fourth-order valence-electron chi connectivity index (χ4n) is 3.80. The number of rotatable bonds is 21. The first-order valence-electron chi connectivity index (χ1n) is 11.6. The summed E-state index contributed by atoms with van der Waals surface area (Å²) in [5, 5.41) is 18.1. The Hall–Kier alpha value is 0.850. The number of aliphatic carboxylic acids is 2. The van der Waals surface area contributed by atoms with Crippen LogP contribution in [0.25, 0.3) is 0 Å². The van der Waals surface area contributed by atoms with Crippen LogP contribution in [0.1, 0.15) is 122 Å². The van der Waals surface area contributed by atoms with Crippen molar-refractivity contribution in [1.82, 2.24) is 0 Å². The third-order valence-electron chi connectivity index (χ3n) is 5.75. The Bertz CT molecular complexity index is 585. The molecule has 0 aliphatic rings. The van der Waals surface area contributed by atoms with Crippen LogP contribution in [0.15, 0.2) is 0 Å². The molecule has 0 aliphatic heterocycles. The monoisotopic (exact) mass is 496 g/mol. The second-order valence-electron chi connectivity index (χ2n) is 8.40. The predicted octanol–water partition coefficient (Wildman–Crippen LogP) is 5.06. The Morgan fingerprint density at radius 3 is 1.22 bits per heavy atom. The molecule has 2 radical (unpaired) electrons. The van der Waals surface area contributed by atoms with Gasteiger partial charge in [0.1, 0.15) is 0 Å². The summed E-state index contributed by atoms with van der Waals surface area (Å²) in [4.78, 5) is 22.3. The van der Waals surface area contributed by atoms with Gasteiger partial charge in [0.05, 0.1) is 6.42 Å². The Morgan fingerprint density at radius 2 is 0.969 bits per heavy atom. The SMILES string of the molecule is CCCCCCCCCCCCCCCCCCC(CC(=O)O)(C(=O)O)S(=O)(=O)O.[Na].[Na]. The zero-order valence-corrected chi connectivity index (χ0v) is 25.4. The van der Waals surface area contributed by atoms with Crippen molar-refractivity contribution < 1.29 is 32.8 Å². The first-order valence-corrected chi connectivity index (χ1v) is 13.0. The van der Waals surface area contributed by atoms with Crippen LogP contribution in [0.4, 0.5) is 0 Å². The molecule has 0 fully saturated rings. The van der Waals surface area contributed by atoms with Gasteiger partial charge in [0.15, 0.2) is 0 Å². The van der Waals surface area contributed by atoms with Gasteiger partial charge in [-0.3, -0.25) is 14.1 Å². The molecular formula is C22H42Na2O7S.